The summed E-state index contributed by atoms with van der Waals surface area (Å²) in [6.07, 6.45) is -4.36. The van der Waals surface area contributed by atoms with Crippen molar-refractivity contribution >= 4 is 17.7 Å². The Kier molecular flexibility index (Phi) is 5.60. The Hall–Kier alpha value is -2.39. The van der Waals surface area contributed by atoms with Gasteiger partial charge in [0.05, 0.1) is 11.6 Å². The molecule has 1 fully saturated rings. The fourth-order valence-electron chi connectivity index (χ4n) is 3.25. The Balaban J connectivity index is 1.34. The Morgan fingerprint density at radius 3 is 2.62 bits per heavy atom. The summed E-state index contributed by atoms with van der Waals surface area (Å²) in [4.78, 5) is 12.6. The minimum atomic E-state index is -4.36. The molecule has 2 atom stereocenters. The summed E-state index contributed by atoms with van der Waals surface area (Å²) in [6.45, 7) is 0.545. The maximum absolute atomic E-state index is 12.7. The van der Waals surface area contributed by atoms with Crippen molar-refractivity contribution in [3.05, 3.63) is 59.2 Å². The first-order valence-electron chi connectivity index (χ1n) is 9.07. The van der Waals surface area contributed by atoms with Crippen molar-refractivity contribution in [2.24, 2.45) is 0 Å². The molecule has 2 aromatic rings. The second-order valence-electron chi connectivity index (χ2n) is 6.83. The van der Waals surface area contributed by atoms with Crippen LogP contribution in [0.25, 0.3) is 0 Å². The zero-order valence-corrected chi connectivity index (χ0v) is 16.1. The number of carbonyl (C=O) groups is 1. The van der Waals surface area contributed by atoms with E-state index in [2.05, 4.69) is 10.6 Å². The van der Waals surface area contributed by atoms with Crippen LogP contribution < -0.4 is 20.1 Å². The number of rotatable bonds is 4. The summed E-state index contributed by atoms with van der Waals surface area (Å²) in [6, 6.07) is 9.97. The predicted octanol–water partition coefficient (Wildman–Crippen LogP) is 3.50. The third-order valence-electron chi connectivity index (χ3n) is 4.83. The highest BCUT2D eigenvalue weighted by Gasteiger charge is 2.31. The minimum Gasteiger partial charge on any atom is -0.454 e. The van der Waals surface area contributed by atoms with Gasteiger partial charge in [0.25, 0.3) is 0 Å². The summed E-state index contributed by atoms with van der Waals surface area (Å²) in [5, 5.41) is 6.15. The van der Waals surface area contributed by atoms with Crippen LogP contribution in [0.4, 0.5) is 13.2 Å². The van der Waals surface area contributed by atoms with E-state index in [9.17, 15) is 18.0 Å². The molecule has 4 rings (SSSR count). The van der Waals surface area contributed by atoms with Crippen LogP contribution in [-0.4, -0.2) is 30.2 Å². The van der Waals surface area contributed by atoms with Gasteiger partial charge in [-0.15, -0.1) is 0 Å². The average Bonchev–Trinajstić information content (AvgIpc) is 3.19. The van der Waals surface area contributed by atoms with E-state index < -0.39 is 17.8 Å². The Labute approximate surface area is 170 Å². The number of hydrogen-bond donors (Lipinski definition) is 2. The molecule has 9 heteroatoms. The van der Waals surface area contributed by atoms with Crippen LogP contribution in [0, 0.1) is 0 Å². The lowest BCUT2D eigenvalue weighted by Crippen LogP contribution is -2.50. The number of nitrogens with one attached hydrogen (secondary N) is 2. The van der Waals surface area contributed by atoms with Crippen LogP contribution in [0.2, 0.25) is 0 Å². The van der Waals surface area contributed by atoms with Gasteiger partial charge >= 0.3 is 6.18 Å². The van der Waals surface area contributed by atoms with Crippen molar-refractivity contribution in [1.29, 1.82) is 0 Å². The summed E-state index contributed by atoms with van der Waals surface area (Å²) in [5.74, 6) is 2.49. The van der Waals surface area contributed by atoms with Crippen LogP contribution in [0.5, 0.6) is 11.5 Å². The number of carbonyl (C=O) groups excluding carboxylic acids is 1. The summed E-state index contributed by atoms with van der Waals surface area (Å²) >= 11 is 1.60. The number of amides is 1. The first kappa shape index (κ1) is 19.9. The molecule has 29 heavy (non-hydrogen) atoms. The van der Waals surface area contributed by atoms with Crippen molar-refractivity contribution in [3.63, 3.8) is 0 Å². The lowest BCUT2D eigenvalue weighted by atomic mass is 10.0. The molecule has 2 N–H and O–H groups in total. The van der Waals surface area contributed by atoms with Crippen molar-refractivity contribution in [2.45, 2.75) is 24.8 Å². The molecule has 0 radical (unpaired) electrons. The van der Waals surface area contributed by atoms with Gasteiger partial charge in [-0.2, -0.15) is 24.9 Å². The molecule has 2 aromatic carbocycles. The number of halogens is 3. The first-order chi connectivity index (χ1) is 13.9. The molecular formula is C20H19F3N2O3S. The second-order valence-corrected chi connectivity index (χ2v) is 7.91. The molecule has 2 aliphatic heterocycles. The van der Waals surface area contributed by atoms with Gasteiger partial charge in [-0.1, -0.05) is 18.2 Å². The maximum atomic E-state index is 12.7. The van der Waals surface area contributed by atoms with E-state index in [0.29, 0.717) is 29.5 Å². The highest BCUT2D eigenvalue weighted by molar-refractivity contribution is 7.99. The number of thioether (sulfide) groups is 1. The largest absolute Gasteiger partial charge is 0.454 e. The lowest BCUT2D eigenvalue weighted by Gasteiger charge is -2.30. The van der Waals surface area contributed by atoms with Gasteiger partial charge in [-0.05, 0) is 35.4 Å². The van der Waals surface area contributed by atoms with E-state index >= 15 is 0 Å². The Morgan fingerprint density at radius 1 is 1.10 bits per heavy atom. The van der Waals surface area contributed by atoms with Gasteiger partial charge < -0.3 is 14.8 Å². The van der Waals surface area contributed by atoms with Crippen molar-refractivity contribution < 1.29 is 27.4 Å². The molecule has 1 amide bonds. The lowest BCUT2D eigenvalue weighted by molar-refractivity contribution is -0.137. The molecule has 5 nitrogen and oxygen atoms in total. The molecule has 154 valence electrons. The molecule has 0 aliphatic carbocycles. The SMILES string of the molecule is O=C(NCc1ccc2c(c1)OCO2)[C@@H]1CSCC(c2ccc(C(F)(F)F)cc2)N1. The molecule has 2 aliphatic rings. The van der Waals surface area contributed by atoms with E-state index in [1.807, 2.05) is 12.1 Å². The molecule has 1 unspecified atom stereocenters. The molecule has 2 heterocycles. The molecule has 0 spiro atoms. The van der Waals surface area contributed by atoms with Gasteiger partial charge in [0.2, 0.25) is 12.7 Å². The zero-order chi connectivity index (χ0) is 20.4. The van der Waals surface area contributed by atoms with Crippen LogP contribution in [0.1, 0.15) is 22.7 Å². The monoisotopic (exact) mass is 424 g/mol. The van der Waals surface area contributed by atoms with Crippen LogP contribution >= 0.6 is 11.8 Å². The first-order valence-corrected chi connectivity index (χ1v) is 10.2. The zero-order valence-electron chi connectivity index (χ0n) is 15.3. The topological polar surface area (TPSA) is 59.6 Å². The van der Waals surface area contributed by atoms with Gasteiger partial charge in [0, 0.05) is 24.1 Å². The van der Waals surface area contributed by atoms with Gasteiger partial charge in [-0.25, -0.2) is 0 Å². The van der Waals surface area contributed by atoms with Gasteiger partial charge in [0.1, 0.15) is 0 Å². The van der Waals surface area contributed by atoms with E-state index in [1.54, 1.807) is 17.8 Å². The van der Waals surface area contributed by atoms with Crippen LogP contribution in [0.3, 0.4) is 0 Å². The quantitative estimate of drug-likeness (QED) is 0.787. The summed E-state index contributed by atoms with van der Waals surface area (Å²) in [7, 11) is 0. The standard InChI is InChI=1S/C20H19F3N2O3S/c21-20(22,23)14-4-2-13(3-5-14)15-9-29-10-16(25-15)19(26)24-8-12-1-6-17-18(7-12)28-11-27-17/h1-7,15-16,25H,8-11H2,(H,24,26)/t15?,16-/m0/s1. The second kappa shape index (κ2) is 8.16. The van der Waals surface area contributed by atoms with E-state index in [1.165, 1.54) is 12.1 Å². The van der Waals surface area contributed by atoms with E-state index in [4.69, 9.17) is 9.47 Å². The number of alkyl halides is 3. The third-order valence-corrected chi connectivity index (χ3v) is 5.97. The highest BCUT2D eigenvalue weighted by Crippen LogP contribution is 2.33. The smallest absolute Gasteiger partial charge is 0.416 e. The fraction of sp³-hybridized carbons (Fsp3) is 0.350. The fourth-order valence-corrected chi connectivity index (χ4v) is 4.40. The summed E-state index contributed by atoms with van der Waals surface area (Å²) in [5.41, 5.74) is 0.951. The average molecular weight is 424 g/mol. The highest BCUT2D eigenvalue weighted by atomic mass is 32.2. The number of ether oxygens (including phenoxy) is 2. The molecule has 0 saturated carbocycles. The van der Waals surface area contributed by atoms with E-state index in [0.717, 1.165) is 23.3 Å². The van der Waals surface area contributed by atoms with Crippen LogP contribution in [-0.2, 0) is 17.5 Å². The summed E-state index contributed by atoms with van der Waals surface area (Å²) < 4.78 is 48.8. The number of fused-ring (bicyclic) bond motifs is 1. The Bertz CT molecular complexity index is 890. The minimum absolute atomic E-state index is 0.147. The van der Waals surface area contributed by atoms with Crippen molar-refractivity contribution in [1.82, 2.24) is 10.6 Å². The maximum Gasteiger partial charge on any atom is 0.416 e. The predicted molar refractivity (Wildman–Crippen MR) is 103 cm³/mol. The number of hydrogen-bond acceptors (Lipinski definition) is 5. The molecule has 1 saturated heterocycles. The number of benzene rings is 2. The normalized spacial score (nSPS) is 21.1. The van der Waals surface area contributed by atoms with Gasteiger partial charge in [-0.3, -0.25) is 10.1 Å². The third kappa shape index (κ3) is 4.62. The molecule has 0 bridgehead atoms. The molecule has 0 aromatic heterocycles. The van der Waals surface area contributed by atoms with E-state index in [-0.39, 0.29) is 18.7 Å². The van der Waals surface area contributed by atoms with Gasteiger partial charge in [0.15, 0.2) is 11.5 Å². The van der Waals surface area contributed by atoms with Crippen molar-refractivity contribution in [2.75, 3.05) is 18.3 Å². The van der Waals surface area contributed by atoms with Crippen LogP contribution in [0.15, 0.2) is 42.5 Å². The van der Waals surface area contributed by atoms with Crippen molar-refractivity contribution in [3.8, 4) is 11.5 Å². The molecular weight excluding hydrogens is 405 g/mol. The Morgan fingerprint density at radius 2 is 1.86 bits per heavy atom.